The molecule has 94 valence electrons. The minimum atomic E-state index is -4.85. The normalized spacial score (nSPS) is 13.3. The third-order valence-electron chi connectivity index (χ3n) is 1.79. The Morgan fingerprint density at radius 1 is 1.47 bits per heavy atom. The highest BCUT2D eigenvalue weighted by Gasteiger charge is 2.33. The van der Waals surface area contributed by atoms with Crippen LogP contribution in [-0.2, 0) is 0 Å². The Morgan fingerprint density at radius 2 is 2.06 bits per heavy atom. The topological polar surface area (TPSA) is 26.3 Å². The number of alkyl halides is 4. The second kappa shape index (κ2) is 5.27. The van der Waals surface area contributed by atoms with E-state index in [4.69, 9.17) is 11.6 Å². The van der Waals surface area contributed by atoms with E-state index in [1.54, 1.807) is 0 Å². The molecule has 17 heavy (non-hydrogen) atoms. The van der Waals surface area contributed by atoms with Crippen molar-refractivity contribution in [1.29, 1.82) is 0 Å². The molecule has 7 heteroatoms. The van der Waals surface area contributed by atoms with Gasteiger partial charge in [-0.25, -0.2) is 0 Å². The predicted octanol–water partition coefficient (Wildman–Crippen LogP) is 4.20. The predicted molar refractivity (Wildman–Crippen MR) is 60.9 cm³/mol. The van der Waals surface area contributed by atoms with Crippen molar-refractivity contribution in [3.8, 4) is 5.75 Å². The first-order chi connectivity index (χ1) is 7.70. The molecule has 1 rings (SSSR count). The summed E-state index contributed by atoms with van der Waals surface area (Å²) in [6, 6.07) is 3.37. The molecule has 0 amide bonds. The number of carbonyl (C=O) groups is 1. The summed E-state index contributed by atoms with van der Waals surface area (Å²) in [6.07, 6.45) is -4.85. The van der Waals surface area contributed by atoms with Crippen LogP contribution in [0, 0.1) is 0 Å². The lowest BCUT2D eigenvalue weighted by Crippen LogP contribution is -2.20. The van der Waals surface area contributed by atoms with E-state index in [0.717, 1.165) is 12.1 Å². The van der Waals surface area contributed by atoms with E-state index in [1.165, 1.54) is 13.0 Å². The SMILES string of the molecule is CC(Br)C(=O)c1cc(Cl)ccc1OC(F)(F)F. The lowest BCUT2D eigenvalue weighted by molar-refractivity contribution is -0.274. The number of benzene rings is 1. The van der Waals surface area contributed by atoms with E-state index >= 15 is 0 Å². The van der Waals surface area contributed by atoms with E-state index in [9.17, 15) is 18.0 Å². The van der Waals surface area contributed by atoms with E-state index in [1.807, 2.05) is 0 Å². The molecule has 0 aliphatic rings. The molecular weight excluding hydrogens is 324 g/mol. The second-order valence-electron chi connectivity index (χ2n) is 3.17. The van der Waals surface area contributed by atoms with Crippen molar-refractivity contribution < 1.29 is 22.7 Å². The number of ketones is 1. The van der Waals surface area contributed by atoms with Crippen molar-refractivity contribution in [2.24, 2.45) is 0 Å². The highest BCUT2D eigenvalue weighted by Crippen LogP contribution is 2.30. The Hall–Kier alpha value is -0.750. The third-order valence-corrected chi connectivity index (χ3v) is 2.44. The maximum Gasteiger partial charge on any atom is 0.573 e. The molecule has 0 aromatic heterocycles. The van der Waals surface area contributed by atoms with Crippen molar-refractivity contribution >= 4 is 33.3 Å². The lowest BCUT2D eigenvalue weighted by atomic mass is 10.1. The number of ether oxygens (including phenoxy) is 1. The Kier molecular flexibility index (Phi) is 4.43. The van der Waals surface area contributed by atoms with Crippen LogP contribution in [0.25, 0.3) is 0 Å². The van der Waals surface area contributed by atoms with Crippen LogP contribution in [0.2, 0.25) is 5.02 Å². The molecule has 0 radical (unpaired) electrons. The monoisotopic (exact) mass is 330 g/mol. The largest absolute Gasteiger partial charge is 0.573 e. The maximum absolute atomic E-state index is 12.1. The van der Waals surface area contributed by atoms with Crippen molar-refractivity contribution in [2.75, 3.05) is 0 Å². The highest BCUT2D eigenvalue weighted by molar-refractivity contribution is 9.10. The van der Waals surface area contributed by atoms with Crippen molar-refractivity contribution in [3.05, 3.63) is 28.8 Å². The third kappa shape index (κ3) is 4.20. The van der Waals surface area contributed by atoms with Gasteiger partial charge in [-0.15, -0.1) is 13.2 Å². The van der Waals surface area contributed by atoms with Crippen LogP contribution in [0.15, 0.2) is 18.2 Å². The molecule has 1 unspecified atom stereocenters. The number of hydrogen-bond acceptors (Lipinski definition) is 2. The van der Waals surface area contributed by atoms with Gasteiger partial charge in [-0.05, 0) is 25.1 Å². The van der Waals surface area contributed by atoms with Crippen molar-refractivity contribution in [2.45, 2.75) is 18.1 Å². The van der Waals surface area contributed by atoms with Gasteiger partial charge in [0.05, 0.1) is 10.4 Å². The minimum Gasteiger partial charge on any atom is -0.405 e. The molecule has 2 nitrogen and oxygen atoms in total. The molecule has 0 aliphatic carbocycles. The zero-order valence-electron chi connectivity index (χ0n) is 8.52. The fourth-order valence-corrected chi connectivity index (χ4v) is 1.54. The molecular formula is C10H7BrClF3O2. The Bertz CT molecular complexity index is 432. The minimum absolute atomic E-state index is 0.163. The molecule has 0 fully saturated rings. The van der Waals surface area contributed by atoms with Crippen LogP contribution < -0.4 is 4.74 Å². The molecule has 0 saturated carbocycles. The zero-order chi connectivity index (χ0) is 13.2. The quantitative estimate of drug-likeness (QED) is 0.613. The number of rotatable bonds is 3. The van der Waals surface area contributed by atoms with E-state index in [0.29, 0.717) is 0 Å². The zero-order valence-corrected chi connectivity index (χ0v) is 10.9. The number of Topliss-reactive ketones (excluding diaryl/α,β-unsaturated/α-hetero) is 1. The van der Waals surface area contributed by atoms with Gasteiger partial charge in [-0.1, -0.05) is 27.5 Å². The molecule has 0 heterocycles. The Balaban J connectivity index is 3.17. The number of carbonyl (C=O) groups excluding carboxylic acids is 1. The fraction of sp³-hybridized carbons (Fsp3) is 0.300. The molecule has 0 bridgehead atoms. The van der Waals surface area contributed by atoms with Gasteiger partial charge in [0, 0.05) is 5.02 Å². The van der Waals surface area contributed by atoms with Gasteiger partial charge in [0.25, 0.3) is 0 Å². The van der Waals surface area contributed by atoms with Gasteiger partial charge < -0.3 is 4.74 Å². The van der Waals surface area contributed by atoms with E-state index < -0.39 is 22.7 Å². The average Bonchev–Trinajstić information content (AvgIpc) is 2.17. The molecule has 0 aliphatic heterocycles. The van der Waals surface area contributed by atoms with Crippen LogP contribution in [0.1, 0.15) is 17.3 Å². The van der Waals surface area contributed by atoms with E-state index in [-0.39, 0.29) is 10.6 Å². The molecule has 0 saturated heterocycles. The van der Waals surface area contributed by atoms with E-state index in [2.05, 4.69) is 20.7 Å². The van der Waals surface area contributed by atoms with Crippen LogP contribution >= 0.6 is 27.5 Å². The second-order valence-corrected chi connectivity index (χ2v) is 4.98. The summed E-state index contributed by atoms with van der Waals surface area (Å²) in [5.41, 5.74) is -0.209. The summed E-state index contributed by atoms with van der Waals surface area (Å²) >= 11 is 8.62. The highest BCUT2D eigenvalue weighted by atomic mass is 79.9. The van der Waals surface area contributed by atoms with Crippen molar-refractivity contribution in [3.63, 3.8) is 0 Å². The maximum atomic E-state index is 12.1. The number of halogens is 5. The summed E-state index contributed by atoms with van der Waals surface area (Å²) < 4.78 is 40.1. The molecule has 1 atom stereocenters. The first-order valence-corrected chi connectivity index (χ1v) is 5.73. The standard InChI is InChI=1S/C10H7BrClF3O2/c1-5(11)9(16)7-4-6(12)2-3-8(7)17-10(13,14)15/h2-5H,1H3. The van der Waals surface area contributed by atoms with Gasteiger partial charge in [0.15, 0.2) is 5.78 Å². The first kappa shape index (κ1) is 14.3. The van der Waals surface area contributed by atoms with Crippen LogP contribution in [0.5, 0.6) is 5.75 Å². The average molecular weight is 332 g/mol. The Morgan fingerprint density at radius 3 is 2.53 bits per heavy atom. The van der Waals surface area contributed by atoms with Gasteiger partial charge in [0.1, 0.15) is 5.75 Å². The molecule has 1 aromatic carbocycles. The lowest BCUT2D eigenvalue weighted by Gasteiger charge is -2.13. The van der Waals surface area contributed by atoms with Gasteiger partial charge >= 0.3 is 6.36 Å². The summed E-state index contributed by atoms with van der Waals surface area (Å²) in [4.78, 5) is 11.0. The fourth-order valence-electron chi connectivity index (χ4n) is 1.12. The molecule has 0 N–H and O–H groups in total. The first-order valence-electron chi connectivity index (χ1n) is 4.44. The summed E-state index contributed by atoms with van der Waals surface area (Å²) in [6.45, 7) is 1.50. The van der Waals surface area contributed by atoms with Crippen LogP contribution in [-0.4, -0.2) is 17.0 Å². The summed E-state index contributed by atoms with van der Waals surface area (Å²) in [7, 11) is 0. The van der Waals surface area contributed by atoms with Crippen LogP contribution in [0.4, 0.5) is 13.2 Å². The van der Waals surface area contributed by atoms with Crippen molar-refractivity contribution in [1.82, 2.24) is 0 Å². The van der Waals surface area contributed by atoms with Gasteiger partial charge in [-0.3, -0.25) is 4.79 Å². The smallest absolute Gasteiger partial charge is 0.405 e. The van der Waals surface area contributed by atoms with Gasteiger partial charge in [-0.2, -0.15) is 0 Å². The number of hydrogen-bond donors (Lipinski definition) is 0. The summed E-state index contributed by atoms with van der Waals surface area (Å²) in [5, 5.41) is 0.163. The van der Waals surface area contributed by atoms with Gasteiger partial charge in [0.2, 0.25) is 0 Å². The van der Waals surface area contributed by atoms with Crippen LogP contribution in [0.3, 0.4) is 0 Å². The molecule has 1 aromatic rings. The Labute approximate surface area is 109 Å². The molecule has 0 spiro atoms. The summed E-state index contributed by atoms with van der Waals surface area (Å²) in [5.74, 6) is -1.09.